The molecule has 0 spiro atoms. The van der Waals surface area contributed by atoms with Gasteiger partial charge in [-0.1, -0.05) is 36.4 Å². The minimum absolute atomic E-state index is 0.0308. The first kappa shape index (κ1) is 16.6. The molecule has 22 heavy (non-hydrogen) atoms. The Labute approximate surface area is 135 Å². The number of rotatable bonds is 5. The Bertz CT molecular complexity index is 556. The van der Waals surface area contributed by atoms with Gasteiger partial charge in [-0.05, 0) is 24.8 Å². The monoisotopic (exact) mass is 321 g/mol. The average molecular weight is 322 g/mol. The van der Waals surface area contributed by atoms with Crippen molar-refractivity contribution in [3.63, 3.8) is 0 Å². The van der Waals surface area contributed by atoms with Crippen LogP contribution >= 0.6 is 11.6 Å². The van der Waals surface area contributed by atoms with Gasteiger partial charge >= 0.3 is 5.97 Å². The minimum Gasteiger partial charge on any atom is -0.466 e. The number of carbonyl (C=O) groups excluding carboxylic acids is 2. The van der Waals surface area contributed by atoms with Crippen LogP contribution in [0.5, 0.6) is 0 Å². The predicted molar refractivity (Wildman–Crippen MR) is 85.5 cm³/mol. The number of methoxy groups -OCH3 is 1. The lowest BCUT2D eigenvalue weighted by molar-refractivity contribution is -0.136. The van der Waals surface area contributed by atoms with Crippen LogP contribution < -0.4 is 0 Å². The van der Waals surface area contributed by atoms with Crippen molar-refractivity contribution in [1.82, 2.24) is 4.90 Å². The molecule has 2 rings (SSSR count). The third-order valence-electron chi connectivity index (χ3n) is 3.90. The predicted octanol–water partition coefficient (Wildman–Crippen LogP) is 2.91. The zero-order valence-corrected chi connectivity index (χ0v) is 13.4. The quantitative estimate of drug-likeness (QED) is 0.619. The summed E-state index contributed by atoms with van der Waals surface area (Å²) in [7, 11) is 1.38. The first-order chi connectivity index (χ1) is 10.7. The molecule has 1 atom stereocenters. The van der Waals surface area contributed by atoms with Crippen molar-refractivity contribution in [2.45, 2.75) is 31.8 Å². The molecule has 0 heterocycles. The molecule has 1 aromatic rings. The van der Waals surface area contributed by atoms with E-state index in [9.17, 15) is 9.59 Å². The second kappa shape index (κ2) is 7.99. The van der Waals surface area contributed by atoms with Gasteiger partial charge in [0.2, 0.25) is 5.91 Å². The Morgan fingerprint density at radius 2 is 2.05 bits per heavy atom. The number of hydrogen-bond donors (Lipinski definition) is 0. The fraction of sp³-hybridized carbons (Fsp3) is 0.412. The standard InChI is InChI=1S/C17H20ClNO3/c1-22-17(21)14-7-9-15(10-8-14)19(16(20)11-18)12-13-5-3-2-4-6-13/h2-7,15H,8-12H2,1H3. The normalized spacial score (nSPS) is 17.5. The largest absolute Gasteiger partial charge is 0.466 e. The van der Waals surface area contributed by atoms with E-state index in [4.69, 9.17) is 16.3 Å². The summed E-state index contributed by atoms with van der Waals surface area (Å²) in [5.41, 5.74) is 1.76. The fourth-order valence-electron chi connectivity index (χ4n) is 2.70. The molecule has 0 saturated heterocycles. The second-order valence-electron chi connectivity index (χ2n) is 5.29. The Morgan fingerprint density at radius 3 is 2.59 bits per heavy atom. The number of benzene rings is 1. The number of hydrogen-bond acceptors (Lipinski definition) is 3. The molecule has 1 aliphatic carbocycles. The lowest BCUT2D eigenvalue weighted by Gasteiger charge is -2.33. The molecule has 4 nitrogen and oxygen atoms in total. The molecular formula is C17H20ClNO3. The highest BCUT2D eigenvalue weighted by Gasteiger charge is 2.27. The van der Waals surface area contributed by atoms with Crippen LogP contribution in [0.25, 0.3) is 0 Å². The van der Waals surface area contributed by atoms with Crippen molar-refractivity contribution in [2.75, 3.05) is 13.0 Å². The highest BCUT2D eigenvalue weighted by atomic mass is 35.5. The van der Waals surface area contributed by atoms with E-state index in [2.05, 4.69) is 0 Å². The van der Waals surface area contributed by atoms with Crippen LogP contribution in [0.2, 0.25) is 0 Å². The van der Waals surface area contributed by atoms with E-state index in [0.29, 0.717) is 25.0 Å². The summed E-state index contributed by atoms with van der Waals surface area (Å²) < 4.78 is 4.74. The van der Waals surface area contributed by atoms with Crippen molar-refractivity contribution >= 4 is 23.5 Å². The molecule has 0 bridgehead atoms. The van der Waals surface area contributed by atoms with Gasteiger partial charge in [-0.25, -0.2) is 4.79 Å². The van der Waals surface area contributed by atoms with Gasteiger partial charge in [-0.3, -0.25) is 4.79 Å². The van der Waals surface area contributed by atoms with Gasteiger partial charge in [0, 0.05) is 18.2 Å². The maximum absolute atomic E-state index is 12.2. The zero-order valence-electron chi connectivity index (χ0n) is 12.6. The smallest absolute Gasteiger partial charge is 0.333 e. The Morgan fingerprint density at radius 1 is 1.32 bits per heavy atom. The van der Waals surface area contributed by atoms with Crippen LogP contribution in [0.1, 0.15) is 24.8 Å². The minimum atomic E-state index is -0.281. The number of ether oxygens (including phenoxy) is 1. The summed E-state index contributed by atoms with van der Waals surface area (Å²) in [5.74, 6) is -0.390. The third-order valence-corrected chi connectivity index (χ3v) is 4.13. The van der Waals surface area contributed by atoms with E-state index in [1.54, 1.807) is 0 Å². The van der Waals surface area contributed by atoms with E-state index in [1.165, 1.54) is 7.11 Å². The molecule has 1 amide bonds. The number of nitrogens with zero attached hydrogens (tertiary/aromatic N) is 1. The van der Waals surface area contributed by atoms with E-state index < -0.39 is 0 Å². The van der Waals surface area contributed by atoms with Crippen molar-refractivity contribution < 1.29 is 14.3 Å². The third kappa shape index (κ3) is 4.10. The SMILES string of the molecule is COC(=O)C1=CCC(N(Cc2ccccc2)C(=O)CCl)CC1. The van der Waals surface area contributed by atoms with Crippen LogP contribution in [-0.2, 0) is 20.9 Å². The Kier molecular flexibility index (Phi) is 6.01. The van der Waals surface area contributed by atoms with Gasteiger partial charge < -0.3 is 9.64 Å². The summed E-state index contributed by atoms with van der Waals surface area (Å²) in [6.45, 7) is 0.540. The van der Waals surface area contributed by atoms with E-state index in [0.717, 1.165) is 12.0 Å². The maximum atomic E-state index is 12.2. The highest BCUT2D eigenvalue weighted by molar-refractivity contribution is 6.27. The van der Waals surface area contributed by atoms with Gasteiger partial charge in [0.1, 0.15) is 5.88 Å². The molecule has 0 radical (unpaired) electrons. The molecule has 0 aliphatic heterocycles. The molecule has 5 heteroatoms. The number of amides is 1. The number of alkyl halides is 1. The van der Waals surface area contributed by atoms with Crippen LogP contribution in [0.4, 0.5) is 0 Å². The van der Waals surface area contributed by atoms with Crippen molar-refractivity contribution in [1.29, 1.82) is 0 Å². The van der Waals surface area contributed by atoms with Crippen molar-refractivity contribution in [3.8, 4) is 0 Å². The molecule has 1 aliphatic rings. The molecule has 0 fully saturated rings. The molecule has 118 valence electrons. The average Bonchev–Trinajstić information content (AvgIpc) is 2.59. The first-order valence-electron chi connectivity index (χ1n) is 7.32. The molecule has 0 N–H and O–H groups in total. The second-order valence-corrected chi connectivity index (χ2v) is 5.56. The molecule has 0 saturated carbocycles. The van der Waals surface area contributed by atoms with Gasteiger partial charge in [0.15, 0.2) is 0 Å². The molecular weight excluding hydrogens is 302 g/mol. The Balaban J connectivity index is 2.09. The van der Waals surface area contributed by atoms with Crippen molar-refractivity contribution in [3.05, 3.63) is 47.5 Å². The van der Waals surface area contributed by atoms with Crippen LogP contribution in [0, 0.1) is 0 Å². The summed E-state index contributed by atoms with van der Waals surface area (Å²) in [6, 6.07) is 9.91. The van der Waals surface area contributed by atoms with E-state index in [-0.39, 0.29) is 23.8 Å². The topological polar surface area (TPSA) is 46.6 Å². The number of halogens is 1. The van der Waals surface area contributed by atoms with Crippen LogP contribution in [-0.4, -0.2) is 35.8 Å². The molecule has 0 aromatic heterocycles. The summed E-state index contributed by atoms with van der Waals surface area (Å²) in [6.07, 6.45) is 3.90. The summed E-state index contributed by atoms with van der Waals surface area (Å²) in [5, 5.41) is 0. The van der Waals surface area contributed by atoms with Gasteiger partial charge in [0.25, 0.3) is 0 Å². The first-order valence-corrected chi connectivity index (χ1v) is 7.86. The Hall–Kier alpha value is -1.81. The lowest BCUT2D eigenvalue weighted by Crippen LogP contribution is -2.41. The number of esters is 1. The van der Waals surface area contributed by atoms with Crippen molar-refractivity contribution in [2.24, 2.45) is 0 Å². The fourth-order valence-corrected chi connectivity index (χ4v) is 2.85. The van der Waals surface area contributed by atoms with E-state index in [1.807, 2.05) is 41.3 Å². The summed E-state index contributed by atoms with van der Waals surface area (Å²) >= 11 is 5.75. The van der Waals surface area contributed by atoms with Crippen LogP contribution in [0.3, 0.4) is 0 Å². The zero-order chi connectivity index (χ0) is 15.9. The summed E-state index contributed by atoms with van der Waals surface area (Å²) in [4.78, 5) is 25.5. The van der Waals surface area contributed by atoms with Gasteiger partial charge in [-0.2, -0.15) is 0 Å². The molecule has 1 unspecified atom stereocenters. The van der Waals surface area contributed by atoms with Gasteiger partial charge in [-0.15, -0.1) is 11.6 Å². The lowest BCUT2D eigenvalue weighted by atomic mass is 9.93. The number of carbonyl (C=O) groups is 2. The van der Waals surface area contributed by atoms with Crippen LogP contribution in [0.15, 0.2) is 42.0 Å². The molecule has 1 aromatic carbocycles. The van der Waals surface area contributed by atoms with Gasteiger partial charge in [0.05, 0.1) is 7.11 Å². The highest BCUT2D eigenvalue weighted by Crippen LogP contribution is 2.25. The maximum Gasteiger partial charge on any atom is 0.333 e. The van der Waals surface area contributed by atoms with E-state index >= 15 is 0 Å².